The second kappa shape index (κ2) is 7.85. The average molecular weight is 353 g/mol. The van der Waals surface area contributed by atoms with Gasteiger partial charge in [-0.2, -0.15) is 0 Å². The molecule has 3 aromatic rings. The van der Waals surface area contributed by atoms with E-state index >= 15 is 0 Å². The van der Waals surface area contributed by atoms with Crippen LogP contribution in [0, 0.1) is 10.1 Å². The maximum atomic E-state index is 11.6. The largest absolute Gasteiger partial charge is 0.392 e. The van der Waals surface area contributed by atoms with E-state index in [1.54, 1.807) is 17.3 Å². The first-order valence-corrected chi connectivity index (χ1v) is 8.21. The molecule has 0 aliphatic carbocycles. The SMILES string of the molecule is CCNN(Cc1ccccc1CO)c1cc2ncncc2cc1[N+](=O)[O-]. The molecule has 8 heteroatoms. The van der Waals surface area contributed by atoms with E-state index in [0.717, 1.165) is 11.1 Å². The number of nitrogens with one attached hydrogen (secondary N) is 1. The quantitative estimate of drug-likeness (QED) is 0.497. The molecule has 3 rings (SSSR count). The minimum Gasteiger partial charge on any atom is -0.392 e. The van der Waals surface area contributed by atoms with Gasteiger partial charge < -0.3 is 5.11 Å². The van der Waals surface area contributed by atoms with Crippen molar-refractivity contribution in [1.82, 2.24) is 15.4 Å². The minimum atomic E-state index is -0.413. The Balaban J connectivity index is 2.09. The summed E-state index contributed by atoms with van der Waals surface area (Å²) in [6.45, 7) is 2.77. The first kappa shape index (κ1) is 17.7. The number of nitro benzene ring substituents is 1. The second-order valence-corrected chi connectivity index (χ2v) is 5.70. The van der Waals surface area contributed by atoms with E-state index in [0.29, 0.717) is 29.7 Å². The van der Waals surface area contributed by atoms with Gasteiger partial charge in [-0.25, -0.2) is 15.4 Å². The molecule has 0 spiro atoms. The number of benzene rings is 2. The lowest BCUT2D eigenvalue weighted by atomic mass is 10.1. The van der Waals surface area contributed by atoms with E-state index in [2.05, 4.69) is 15.4 Å². The molecule has 0 saturated carbocycles. The number of hydrogen-bond donors (Lipinski definition) is 2. The maximum absolute atomic E-state index is 11.6. The van der Waals surface area contributed by atoms with Crippen LogP contribution in [0.1, 0.15) is 18.1 Å². The Hall–Kier alpha value is -3.10. The Labute approximate surface area is 150 Å². The summed E-state index contributed by atoms with van der Waals surface area (Å²) >= 11 is 0. The molecule has 2 N–H and O–H groups in total. The number of aromatic nitrogens is 2. The lowest BCUT2D eigenvalue weighted by Gasteiger charge is -2.26. The molecule has 0 aliphatic rings. The summed E-state index contributed by atoms with van der Waals surface area (Å²) in [5.74, 6) is 0. The lowest BCUT2D eigenvalue weighted by Crippen LogP contribution is -2.38. The van der Waals surface area contributed by atoms with Crippen molar-refractivity contribution in [1.29, 1.82) is 0 Å². The topological polar surface area (TPSA) is 104 Å². The molecule has 1 aromatic heterocycles. The van der Waals surface area contributed by atoms with Gasteiger partial charge in [-0.1, -0.05) is 31.2 Å². The Kier molecular flexibility index (Phi) is 5.35. The predicted octanol–water partition coefficient (Wildman–Crippen LogP) is 2.56. The summed E-state index contributed by atoms with van der Waals surface area (Å²) in [5.41, 5.74) is 5.83. The Morgan fingerprint density at radius 1 is 1.27 bits per heavy atom. The van der Waals surface area contributed by atoms with Crippen molar-refractivity contribution in [2.75, 3.05) is 11.6 Å². The van der Waals surface area contributed by atoms with Crippen LogP contribution in [0.15, 0.2) is 48.9 Å². The highest BCUT2D eigenvalue weighted by atomic mass is 16.6. The number of aliphatic hydroxyl groups excluding tert-OH is 1. The van der Waals surface area contributed by atoms with E-state index in [1.165, 1.54) is 12.4 Å². The van der Waals surface area contributed by atoms with Crippen LogP contribution in [0.2, 0.25) is 0 Å². The number of nitrogens with zero attached hydrogens (tertiary/aromatic N) is 4. The highest BCUT2D eigenvalue weighted by Crippen LogP contribution is 2.32. The molecule has 0 saturated heterocycles. The van der Waals surface area contributed by atoms with Crippen molar-refractivity contribution in [2.24, 2.45) is 0 Å². The van der Waals surface area contributed by atoms with Gasteiger partial charge in [0, 0.05) is 24.2 Å². The Morgan fingerprint density at radius 3 is 2.73 bits per heavy atom. The van der Waals surface area contributed by atoms with Crippen molar-refractivity contribution >= 4 is 22.3 Å². The molecule has 1 heterocycles. The van der Waals surface area contributed by atoms with Crippen LogP contribution in [0.25, 0.3) is 10.9 Å². The second-order valence-electron chi connectivity index (χ2n) is 5.70. The van der Waals surface area contributed by atoms with Gasteiger partial charge >= 0.3 is 0 Å². The normalized spacial score (nSPS) is 10.8. The number of rotatable bonds is 7. The highest BCUT2D eigenvalue weighted by molar-refractivity contribution is 5.86. The van der Waals surface area contributed by atoms with Gasteiger partial charge in [0.1, 0.15) is 12.0 Å². The summed E-state index contributed by atoms with van der Waals surface area (Å²) in [6, 6.07) is 10.6. The molecule has 0 bridgehead atoms. The van der Waals surface area contributed by atoms with Gasteiger partial charge in [0.15, 0.2) is 0 Å². The van der Waals surface area contributed by atoms with Crippen molar-refractivity contribution < 1.29 is 10.0 Å². The Morgan fingerprint density at radius 2 is 2.04 bits per heavy atom. The average Bonchev–Trinajstić information content (AvgIpc) is 2.67. The van der Waals surface area contributed by atoms with Gasteiger partial charge in [0.05, 0.1) is 23.6 Å². The molecule has 0 atom stereocenters. The van der Waals surface area contributed by atoms with E-state index < -0.39 is 4.92 Å². The lowest BCUT2D eigenvalue weighted by molar-refractivity contribution is -0.384. The van der Waals surface area contributed by atoms with Crippen LogP contribution in [-0.2, 0) is 13.2 Å². The molecular weight excluding hydrogens is 334 g/mol. The number of fused-ring (bicyclic) bond motifs is 1. The molecule has 2 aromatic carbocycles. The third kappa shape index (κ3) is 3.61. The van der Waals surface area contributed by atoms with Crippen molar-refractivity contribution in [3.63, 3.8) is 0 Å². The number of nitro groups is 1. The minimum absolute atomic E-state index is 0.0327. The maximum Gasteiger partial charge on any atom is 0.294 e. The van der Waals surface area contributed by atoms with Gasteiger partial charge in [0.2, 0.25) is 0 Å². The van der Waals surface area contributed by atoms with Crippen LogP contribution >= 0.6 is 0 Å². The standard InChI is InChI=1S/C18H19N5O3/c1-2-21-22(10-13-5-3-4-6-14(13)11-24)17-8-16-15(9-19-12-20-16)7-18(17)23(25)26/h3-9,12,21,24H,2,10-11H2,1H3. The zero-order valence-electron chi connectivity index (χ0n) is 14.3. The highest BCUT2D eigenvalue weighted by Gasteiger charge is 2.22. The molecular formula is C18H19N5O3. The molecule has 0 fully saturated rings. The molecule has 0 aliphatic heterocycles. The van der Waals surface area contributed by atoms with Crippen LogP contribution in [0.4, 0.5) is 11.4 Å². The third-order valence-electron chi connectivity index (χ3n) is 4.05. The fourth-order valence-electron chi connectivity index (χ4n) is 2.82. The fraction of sp³-hybridized carbons (Fsp3) is 0.222. The number of hydrazine groups is 1. The van der Waals surface area contributed by atoms with Crippen LogP contribution in [0.5, 0.6) is 0 Å². The first-order chi connectivity index (χ1) is 12.6. The van der Waals surface area contributed by atoms with Crippen molar-refractivity contribution in [2.45, 2.75) is 20.1 Å². The monoisotopic (exact) mass is 353 g/mol. The zero-order valence-corrected chi connectivity index (χ0v) is 14.3. The van der Waals surface area contributed by atoms with Crippen LogP contribution < -0.4 is 10.4 Å². The molecule has 0 radical (unpaired) electrons. The number of anilines is 1. The number of aliphatic hydroxyl groups is 1. The van der Waals surface area contributed by atoms with Gasteiger partial charge in [0.25, 0.3) is 5.69 Å². The van der Waals surface area contributed by atoms with Gasteiger partial charge in [-0.05, 0) is 17.2 Å². The number of hydrogen-bond acceptors (Lipinski definition) is 7. The smallest absolute Gasteiger partial charge is 0.294 e. The first-order valence-electron chi connectivity index (χ1n) is 8.21. The third-order valence-corrected chi connectivity index (χ3v) is 4.05. The summed E-state index contributed by atoms with van der Waals surface area (Å²) in [4.78, 5) is 19.3. The van der Waals surface area contributed by atoms with Gasteiger partial charge in [-0.15, -0.1) is 0 Å². The summed E-state index contributed by atoms with van der Waals surface area (Å²) in [6.07, 6.45) is 2.97. The zero-order chi connectivity index (χ0) is 18.5. The molecule has 0 amide bonds. The molecule has 8 nitrogen and oxygen atoms in total. The van der Waals surface area contributed by atoms with Gasteiger partial charge in [-0.3, -0.25) is 15.1 Å². The van der Waals surface area contributed by atoms with E-state index in [-0.39, 0.29) is 12.3 Å². The van der Waals surface area contributed by atoms with Crippen molar-refractivity contribution in [3.8, 4) is 0 Å². The Bertz CT molecular complexity index is 932. The van der Waals surface area contributed by atoms with E-state index in [9.17, 15) is 15.2 Å². The fourth-order valence-corrected chi connectivity index (χ4v) is 2.82. The van der Waals surface area contributed by atoms with Crippen LogP contribution in [0.3, 0.4) is 0 Å². The molecule has 26 heavy (non-hydrogen) atoms. The summed E-state index contributed by atoms with van der Waals surface area (Å²) in [7, 11) is 0. The molecule has 134 valence electrons. The summed E-state index contributed by atoms with van der Waals surface area (Å²) in [5, 5.41) is 23.5. The summed E-state index contributed by atoms with van der Waals surface area (Å²) < 4.78 is 0. The van der Waals surface area contributed by atoms with Crippen LogP contribution in [-0.4, -0.2) is 26.5 Å². The molecule has 0 unspecified atom stereocenters. The van der Waals surface area contributed by atoms with E-state index in [4.69, 9.17) is 0 Å². The van der Waals surface area contributed by atoms with E-state index in [1.807, 2.05) is 31.2 Å². The van der Waals surface area contributed by atoms with Crippen molar-refractivity contribution in [3.05, 3.63) is 70.2 Å². The predicted molar refractivity (Wildman–Crippen MR) is 98.4 cm³/mol.